The van der Waals surface area contributed by atoms with Crippen molar-refractivity contribution < 1.29 is 14.6 Å². The molecular formula is C12H18O3. The molecule has 0 aliphatic heterocycles. The fourth-order valence-corrected chi connectivity index (χ4v) is 1.05. The van der Waals surface area contributed by atoms with Crippen LogP contribution in [0.3, 0.4) is 0 Å². The van der Waals surface area contributed by atoms with Gasteiger partial charge in [0.2, 0.25) is 0 Å². The van der Waals surface area contributed by atoms with E-state index >= 15 is 0 Å². The standard InChI is InChI=1S/C12H18O3/c1-10(13)11(2)14-8-9-15-12-6-4-3-5-7-12/h3-7,10-11,13H,8-9H2,1-2H3/t10-,11?/m1/s1. The lowest BCUT2D eigenvalue weighted by Crippen LogP contribution is -2.24. The molecule has 3 heteroatoms. The molecule has 15 heavy (non-hydrogen) atoms. The topological polar surface area (TPSA) is 38.7 Å². The molecule has 0 aromatic heterocycles. The van der Waals surface area contributed by atoms with E-state index in [0.717, 1.165) is 5.75 Å². The molecule has 0 bridgehead atoms. The zero-order chi connectivity index (χ0) is 11.1. The summed E-state index contributed by atoms with van der Waals surface area (Å²) in [5.41, 5.74) is 0. The molecule has 0 aliphatic rings. The second-order valence-electron chi connectivity index (χ2n) is 3.48. The normalized spacial score (nSPS) is 14.6. The molecule has 1 unspecified atom stereocenters. The molecule has 0 saturated carbocycles. The number of hydrogen-bond donors (Lipinski definition) is 1. The molecule has 3 nitrogen and oxygen atoms in total. The summed E-state index contributed by atoms with van der Waals surface area (Å²) in [5.74, 6) is 0.839. The van der Waals surface area contributed by atoms with Gasteiger partial charge in [-0.25, -0.2) is 0 Å². The van der Waals surface area contributed by atoms with Gasteiger partial charge in [0.1, 0.15) is 12.4 Å². The Morgan fingerprint density at radius 2 is 1.80 bits per heavy atom. The highest BCUT2D eigenvalue weighted by Crippen LogP contribution is 2.07. The Morgan fingerprint density at radius 1 is 1.13 bits per heavy atom. The summed E-state index contributed by atoms with van der Waals surface area (Å²) in [4.78, 5) is 0. The minimum Gasteiger partial charge on any atom is -0.491 e. The molecule has 0 heterocycles. The highest BCUT2D eigenvalue weighted by atomic mass is 16.5. The minimum atomic E-state index is -0.443. The average molecular weight is 210 g/mol. The van der Waals surface area contributed by atoms with Gasteiger partial charge in [-0.2, -0.15) is 0 Å². The number of benzene rings is 1. The molecule has 0 amide bonds. The maximum Gasteiger partial charge on any atom is 0.119 e. The Hall–Kier alpha value is -1.06. The Balaban J connectivity index is 2.12. The van der Waals surface area contributed by atoms with Gasteiger partial charge in [-0.3, -0.25) is 0 Å². The van der Waals surface area contributed by atoms with E-state index in [0.29, 0.717) is 13.2 Å². The quantitative estimate of drug-likeness (QED) is 0.728. The van der Waals surface area contributed by atoms with Crippen LogP contribution in [0.5, 0.6) is 5.75 Å². The number of ether oxygens (including phenoxy) is 2. The fourth-order valence-electron chi connectivity index (χ4n) is 1.05. The summed E-state index contributed by atoms with van der Waals surface area (Å²) in [7, 11) is 0. The molecule has 1 N–H and O–H groups in total. The van der Waals surface area contributed by atoms with Crippen molar-refractivity contribution >= 4 is 0 Å². The second kappa shape index (κ2) is 6.43. The largest absolute Gasteiger partial charge is 0.491 e. The maximum absolute atomic E-state index is 9.17. The predicted octanol–water partition coefficient (Wildman–Crippen LogP) is 1.85. The minimum absolute atomic E-state index is 0.149. The van der Waals surface area contributed by atoms with E-state index in [9.17, 15) is 5.11 Å². The lowest BCUT2D eigenvalue weighted by Gasteiger charge is -2.15. The van der Waals surface area contributed by atoms with Crippen molar-refractivity contribution in [1.29, 1.82) is 0 Å². The Kier molecular flexibility index (Phi) is 5.15. The highest BCUT2D eigenvalue weighted by molar-refractivity contribution is 5.20. The number of para-hydroxylation sites is 1. The monoisotopic (exact) mass is 210 g/mol. The van der Waals surface area contributed by atoms with Crippen molar-refractivity contribution in [2.24, 2.45) is 0 Å². The van der Waals surface area contributed by atoms with Crippen molar-refractivity contribution in [1.82, 2.24) is 0 Å². The van der Waals surface area contributed by atoms with E-state index in [1.54, 1.807) is 6.92 Å². The van der Waals surface area contributed by atoms with Gasteiger partial charge in [0.05, 0.1) is 18.8 Å². The smallest absolute Gasteiger partial charge is 0.119 e. The van der Waals surface area contributed by atoms with Crippen LogP contribution < -0.4 is 4.74 Å². The van der Waals surface area contributed by atoms with Crippen LogP contribution in [-0.2, 0) is 4.74 Å². The van der Waals surface area contributed by atoms with Crippen LogP contribution in [0.4, 0.5) is 0 Å². The van der Waals surface area contributed by atoms with Crippen molar-refractivity contribution in [3.8, 4) is 5.75 Å². The molecule has 0 fully saturated rings. The van der Waals surface area contributed by atoms with Crippen LogP contribution in [0.15, 0.2) is 30.3 Å². The third-order valence-electron chi connectivity index (χ3n) is 2.16. The lowest BCUT2D eigenvalue weighted by atomic mass is 10.3. The van der Waals surface area contributed by atoms with Gasteiger partial charge < -0.3 is 14.6 Å². The van der Waals surface area contributed by atoms with Crippen LogP contribution in [0, 0.1) is 0 Å². The third kappa shape index (κ3) is 4.81. The van der Waals surface area contributed by atoms with Crippen LogP contribution >= 0.6 is 0 Å². The third-order valence-corrected chi connectivity index (χ3v) is 2.16. The van der Waals surface area contributed by atoms with E-state index in [-0.39, 0.29) is 6.10 Å². The van der Waals surface area contributed by atoms with Gasteiger partial charge in [0.15, 0.2) is 0 Å². The van der Waals surface area contributed by atoms with E-state index in [2.05, 4.69) is 0 Å². The van der Waals surface area contributed by atoms with Gasteiger partial charge in [0.25, 0.3) is 0 Å². The van der Waals surface area contributed by atoms with Gasteiger partial charge >= 0.3 is 0 Å². The molecule has 84 valence electrons. The van der Waals surface area contributed by atoms with Gasteiger partial charge in [-0.1, -0.05) is 18.2 Å². The molecular weight excluding hydrogens is 192 g/mol. The van der Waals surface area contributed by atoms with E-state index in [4.69, 9.17) is 9.47 Å². The van der Waals surface area contributed by atoms with E-state index in [1.165, 1.54) is 0 Å². The number of aliphatic hydroxyl groups excluding tert-OH is 1. The van der Waals surface area contributed by atoms with Crippen LogP contribution in [0.2, 0.25) is 0 Å². The fraction of sp³-hybridized carbons (Fsp3) is 0.500. The van der Waals surface area contributed by atoms with Crippen molar-refractivity contribution in [2.45, 2.75) is 26.1 Å². The summed E-state index contributed by atoms with van der Waals surface area (Å²) in [6, 6.07) is 9.60. The first-order valence-electron chi connectivity index (χ1n) is 5.17. The molecule has 1 aromatic carbocycles. The predicted molar refractivity (Wildman–Crippen MR) is 59.0 cm³/mol. The SMILES string of the molecule is CC(OCCOc1ccccc1)[C@@H](C)O. The van der Waals surface area contributed by atoms with Crippen molar-refractivity contribution in [3.05, 3.63) is 30.3 Å². The summed E-state index contributed by atoms with van der Waals surface area (Å²) in [6.07, 6.45) is -0.592. The molecule has 2 atom stereocenters. The van der Waals surface area contributed by atoms with Gasteiger partial charge in [-0.15, -0.1) is 0 Å². The summed E-state index contributed by atoms with van der Waals surface area (Å²) < 4.78 is 10.8. The zero-order valence-electron chi connectivity index (χ0n) is 9.22. The summed E-state index contributed by atoms with van der Waals surface area (Å²) >= 11 is 0. The zero-order valence-corrected chi connectivity index (χ0v) is 9.22. The molecule has 0 saturated heterocycles. The van der Waals surface area contributed by atoms with Crippen LogP contribution in [0.1, 0.15) is 13.8 Å². The van der Waals surface area contributed by atoms with Crippen molar-refractivity contribution in [3.63, 3.8) is 0 Å². The first kappa shape index (κ1) is 12.0. The maximum atomic E-state index is 9.17. The first-order valence-corrected chi connectivity index (χ1v) is 5.17. The molecule has 1 aromatic rings. The number of rotatable bonds is 6. The summed E-state index contributed by atoms with van der Waals surface area (Å²) in [6.45, 7) is 4.54. The Bertz CT molecular complexity index is 259. The van der Waals surface area contributed by atoms with Gasteiger partial charge in [-0.05, 0) is 26.0 Å². The number of hydrogen-bond acceptors (Lipinski definition) is 3. The summed E-state index contributed by atoms with van der Waals surface area (Å²) in [5, 5.41) is 9.17. The van der Waals surface area contributed by atoms with E-state index in [1.807, 2.05) is 37.3 Å². The molecule has 0 aliphatic carbocycles. The highest BCUT2D eigenvalue weighted by Gasteiger charge is 2.07. The van der Waals surface area contributed by atoms with Crippen LogP contribution in [-0.4, -0.2) is 30.5 Å². The first-order chi connectivity index (χ1) is 7.20. The molecule has 0 radical (unpaired) electrons. The average Bonchev–Trinajstić information content (AvgIpc) is 2.25. The number of aliphatic hydroxyl groups is 1. The Morgan fingerprint density at radius 3 is 2.40 bits per heavy atom. The molecule has 1 rings (SSSR count). The van der Waals surface area contributed by atoms with Crippen LogP contribution in [0.25, 0.3) is 0 Å². The van der Waals surface area contributed by atoms with E-state index < -0.39 is 6.10 Å². The Labute approximate surface area is 90.6 Å². The van der Waals surface area contributed by atoms with Gasteiger partial charge in [0, 0.05) is 0 Å². The second-order valence-corrected chi connectivity index (χ2v) is 3.48. The lowest BCUT2D eigenvalue weighted by molar-refractivity contribution is -0.0271. The molecule has 0 spiro atoms. The van der Waals surface area contributed by atoms with Crippen molar-refractivity contribution in [2.75, 3.05) is 13.2 Å².